The molecule has 0 radical (unpaired) electrons. The van der Waals surface area contributed by atoms with E-state index in [0.29, 0.717) is 25.7 Å². The first-order chi connectivity index (χ1) is 50.3. The summed E-state index contributed by atoms with van der Waals surface area (Å²) >= 11 is 0. The maximum Gasteiger partial charge on any atom is 0.220 e. The summed E-state index contributed by atoms with van der Waals surface area (Å²) in [5.74, 6) is -0.301. The minimum atomic E-state index is -1.98. The normalized spacial score (nSPS) is 26.6. The van der Waals surface area contributed by atoms with Gasteiger partial charge in [0.05, 0.1) is 38.6 Å². The zero-order valence-electron chi connectivity index (χ0n) is 63.5. The predicted molar refractivity (Wildman–Crippen MR) is 410 cm³/mol. The standard InChI is InChI=1S/C84H145NO18/c1-3-5-7-9-11-13-15-17-19-21-23-25-27-29-31-33-35-37-39-41-43-45-47-49-51-53-55-57-59-61-68(89)67(85-72(90)62-60-58-56-54-52-50-48-46-44-42-40-38-36-34-32-30-28-26-24-22-20-18-16-14-12-10-8-6-4-2)66-98-82-78(96)75(93)80(70(64-87)100-82)103-84-79(97)76(94)81(71(65-88)101-84)102-83-77(95)74(92)73(91)69(63-86)99-83/h6,8,12,14,18,20,24,26,30,32,36,38,42,44,48,50,54,56,67-71,73-84,86-89,91-97H,3-5,7,9-11,13,15-17,19,21-23,25,27-29,31,33-35,37,39-41,43,45-47,49,51-53,55,57-66H2,1-2H3,(H,85,90)/b8-6-,14-12-,20-18-,26-24-,32-30-,38-36-,44-42-,50-48-,56-54-. The summed E-state index contributed by atoms with van der Waals surface area (Å²) < 4.78 is 34.5. The number of amides is 1. The fourth-order valence-corrected chi connectivity index (χ4v) is 13.1. The van der Waals surface area contributed by atoms with Gasteiger partial charge in [-0.2, -0.15) is 0 Å². The predicted octanol–water partition coefficient (Wildman–Crippen LogP) is 13.7. The van der Waals surface area contributed by atoms with Gasteiger partial charge in [-0.15, -0.1) is 0 Å². The lowest BCUT2D eigenvalue weighted by Crippen LogP contribution is -2.66. The van der Waals surface area contributed by atoms with E-state index in [-0.39, 0.29) is 18.9 Å². The highest BCUT2D eigenvalue weighted by Crippen LogP contribution is 2.33. The Morgan fingerprint density at radius 2 is 0.660 bits per heavy atom. The lowest BCUT2D eigenvalue weighted by Gasteiger charge is -2.48. The van der Waals surface area contributed by atoms with Crippen LogP contribution in [0.3, 0.4) is 0 Å². The van der Waals surface area contributed by atoms with Crippen LogP contribution in [0.1, 0.15) is 284 Å². The Morgan fingerprint density at radius 1 is 0.359 bits per heavy atom. The first-order valence-electron chi connectivity index (χ1n) is 40.6. The number of unbranched alkanes of at least 4 members (excludes halogenated alkanes) is 29. The molecule has 0 aromatic carbocycles. The smallest absolute Gasteiger partial charge is 0.220 e. The summed E-state index contributed by atoms with van der Waals surface area (Å²) in [6.45, 7) is 1.67. The van der Waals surface area contributed by atoms with Crippen molar-refractivity contribution < 1.29 is 89.4 Å². The Hall–Kier alpha value is -3.55. The van der Waals surface area contributed by atoms with Crippen molar-refractivity contribution in [3.63, 3.8) is 0 Å². The average molecular weight is 1460 g/mol. The van der Waals surface area contributed by atoms with E-state index in [1.165, 1.54) is 161 Å². The zero-order valence-corrected chi connectivity index (χ0v) is 63.5. The highest BCUT2D eigenvalue weighted by Gasteiger charge is 2.54. The van der Waals surface area contributed by atoms with E-state index in [1.54, 1.807) is 0 Å². The summed E-state index contributed by atoms with van der Waals surface area (Å²) in [7, 11) is 0. The number of rotatable bonds is 63. The van der Waals surface area contributed by atoms with Crippen molar-refractivity contribution in [1.82, 2.24) is 5.32 Å². The number of aliphatic hydroxyl groups is 11. The molecular weight excluding hydrogens is 1310 g/mol. The third-order valence-electron chi connectivity index (χ3n) is 19.6. The molecule has 3 heterocycles. The molecule has 3 aliphatic heterocycles. The molecule has 0 saturated carbocycles. The van der Waals surface area contributed by atoms with E-state index in [0.717, 1.165) is 77.0 Å². The van der Waals surface area contributed by atoms with E-state index >= 15 is 0 Å². The average Bonchev–Trinajstić information content (AvgIpc) is 0.781. The van der Waals surface area contributed by atoms with Crippen molar-refractivity contribution in [3.8, 4) is 0 Å². The summed E-state index contributed by atoms with van der Waals surface area (Å²) in [4.78, 5) is 13.5. The monoisotopic (exact) mass is 1460 g/mol. The Labute approximate surface area is 621 Å². The van der Waals surface area contributed by atoms with Crippen molar-refractivity contribution in [2.45, 2.75) is 388 Å². The number of carbonyl (C=O) groups excluding carboxylic acids is 1. The molecule has 12 N–H and O–H groups in total. The summed E-state index contributed by atoms with van der Waals surface area (Å²) in [6.07, 6.45) is 60.4. The minimum absolute atomic E-state index is 0.180. The summed E-state index contributed by atoms with van der Waals surface area (Å²) in [5.41, 5.74) is 0. The number of hydrogen-bond acceptors (Lipinski definition) is 18. The number of hydrogen-bond donors (Lipinski definition) is 12. The minimum Gasteiger partial charge on any atom is -0.394 e. The van der Waals surface area contributed by atoms with Crippen LogP contribution >= 0.6 is 0 Å². The second-order valence-corrected chi connectivity index (χ2v) is 28.5. The van der Waals surface area contributed by atoms with E-state index in [2.05, 4.69) is 122 Å². The fraction of sp³-hybridized carbons (Fsp3) is 0.774. The van der Waals surface area contributed by atoms with Crippen molar-refractivity contribution in [1.29, 1.82) is 0 Å². The maximum atomic E-state index is 13.5. The second-order valence-electron chi connectivity index (χ2n) is 28.5. The molecule has 3 rings (SSSR count). The van der Waals surface area contributed by atoms with Gasteiger partial charge in [0, 0.05) is 6.42 Å². The molecule has 3 saturated heterocycles. The third kappa shape index (κ3) is 43.3. The number of allylic oxidation sites excluding steroid dienone is 18. The number of aliphatic hydroxyl groups excluding tert-OH is 11. The quantitative estimate of drug-likeness (QED) is 0.0199. The molecule has 3 aliphatic rings. The van der Waals surface area contributed by atoms with Crippen molar-refractivity contribution in [2.24, 2.45) is 0 Å². The van der Waals surface area contributed by atoms with Gasteiger partial charge in [0.1, 0.15) is 73.2 Å². The molecule has 3 fully saturated rings. The van der Waals surface area contributed by atoms with Gasteiger partial charge >= 0.3 is 0 Å². The summed E-state index contributed by atoms with van der Waals surface area (Å²) in [6, 6.07) is -0.929. The SMILES string of the molecule is CC/C=C\C/C=C\C/C=C\C/C=C\C/C=C\C/C=C\C/C=C\C/C=C\C/C=C\CCCC(=O)NC(COC1OC(CO)C(OC2OC(CO)C(OC3OC(CO)C(O)C(O)C3O)C(O)C2O)C(O)C1O)C(O)CCCCCCCCCCCCCCCCCCCCCCCCCCCCCCC. The van der Waals surface area contributed by atoms with Crippen LogP contribution in [-0.2, 0) is 33.2 Å². The number of ether oxygens (including phenoxy) is 6. The van der Waals surface area contributed by atoms with E-state index in [1.807, 2.05) is 6.08 Å². The van der Waals surface area contributed by atoms with Crippen molar-refractivity contribution in [2.75, 3.05) is 26.4 Å². The molecule has 103 heavy (non-hydrogen) atoms. The van der Waals surface area contributed by atoms with Crippen LogP contribution in [0, 0.1) is 0 Å². The van der Waals surface area contributed by atoms with Gasteiger partial charge in [-0.1, -0.05) is 309 Å². The van der Waals surface area contributed by atoms with Crippen LogP contribution in [0.2, 0.25) is 0 Å². The van der Waals surface area contributed by atoms with Gasteiger partial charge in [0.2, 0.25) is 5.91 Å². The largest absolute Gasteiger partial charge is 0.394 e. The Balaban J connectivity index is 1.40. The molecule has 0 bridgehead atoms. The highest BCUT2D eigenvalue weighted by atomic mass is 16.8. The molecule has 19 heteroatoms. The molecule has 0 aromatic rings. The number of carbonyl (C=O) groups is 1. The van der Waals surface area contributed by atoms with Crippen LogP contribution < -0.4 is 5.32 Å². The van der Waals surface area contributed by atoms with Crippen molar-refractivity contribution in [3.05, 3.63) is 109 Å². The van der Waals surface area contributed by atoms with E-state index < -0.39 is 124 Å². The van der Waals surface area contributed by atoms with Gasteiger partial charge in [-0.3, -0.25) is 4.79 Å². The fourth-order valence-electron chi connectivity index (χ4n) is 13.1. The molecule has 594 valence electrons. The first-order valence-corrected chi connectivity index (χ1v) is 40.6. The molecule has 19 nitrogen and oxygen atoms in total. The Morgan fingerprint density at radius 3 is 1.01 bits per heavy atom. The van der Waals surface area contributed by atoms with Gasteiger partial charge in [0.15, 0.2) is 18.9 Å². The first kappa shape index (κ1) is 93.7. The molecule has 17 atom stereocenters. The van der Waals surface area contributed by atoms with Gasteiger partial charge in [-0.05, 0) is 77.0 Å². The second kappa shape index (κ2) is 63.4. The molecule has 0 spiro atoms. The molecular formula is C84H145NO18. The topological polar surface area (TPSA) is 307 Å². The number of nitrogens with one attached hydrogen (secondary N) is 1. The Bertz CT molecular complexity index is 2290. The summed E-state index contributed by atoms with van der Waals surface area (Å²) in [5, 5.41) is 121. The molecule has 17 unspecified atom stereocenters. The highest BCUT2D eigenvalue weighted by molar-refractivity contribution is 5.76. The van der Waals surface area contributed by atoms with Crippen LogP contribution in [0.25, 0.3) is 0 Å². The lowest BCUT2D eigenvalue weighted by atomic mass is 9.96. The molecule has 1 amide bonds. The van der Waals surface area contributed by atoms with Crippen LogP contribution in [-0.4, -0.2) is 193 Å². The maximum absolute atomic E-state index is 13.5. The zero-order chi connectivity index (χ0) is 74.6. The van der Waals surface area contributed by atoms with Crippen LogP contribution in [0.5, 0.6) is 0 Å². The van der Waals surface area contributed by atoms with Gasteiger partial charge in [0.25, 0.3) is 0 Å². The van der Waals surface area contributed by atoms with Gasteiger partial charge in [-0.25, -0.2) is 0 Å². The Kier molecular flexibility index (Phi) is 57.6. The molecule has 0 aromatic heterocycles. The van der Waals surface area contributed by atoms with Gasteiger partial charge < -0.3 is 89.9 Å². The van der Waals surface area contributed by atoms with E-state index in [9.17, 15) is 61.0 Å². The van der Waals surface area contributed by atoms with E-state index in [4.69, 9.17) is 28.4 Å². The van der Waals surface area contributed by atoms with Crippen LogP contribution in [0.4, 0.5) is 0 Å². The third-order valence-corrected chi connectivity index (χ3v) is 19.6. The molecule has 0 aliphatic carbocycles. The van der Waals surface area contributed by atoms with Crippen LogP contribution in [0.15, 0.2) is 109 Å². The lowest BCUT2D eigenvalue weighted by molar-refractivity contribution is -0.379. The van der Waals surface area contributed by atoms with Crippen molar-refractivity contribution >= 4 is 5.91 Å².